The Hall–Kier alpha value is -2.75. The Bertz CT molecular complexity index is 750. The smallest absolute Gasteiger partial charge is 0.240 e. The molecule has 0 fully saturated rings. The molecule has 0 saturated heterocycles. The lowest BCUT2D eigenvalue weighted by molar-refractivity contribution is -0.116. The molecule has 1 aliphatic rings. The second-order valence-electron chi connectivity index (χ2n) is 4.94. The van der Waals surface area contributed by atoms with E-state index in [2.05, 4.69) is 10.3 Å². The lowest BCUT2D eigenvalue weighted by Gasteiger charge is -2.17. The van der Waals surface area contributed by atoms with Gasteiger partial charge in [-0.25, -0.2) is 0 Å². The molecule has 1 amide bonds. The summed E-state index contributed by atoms with van der Waals surface area (Å²) in [5, 5.41) is 2.79. The fourth-order valence-electron chi connectivity index (χ4n) is 2.30. The van der Waals surface area contributed by atoms with Crippen molar-refractivity contribution in [1.29, 1.82) is 0 Å². The van der Waals surface area contributed by atoms with Crippen LogP contribution in [0.2, 0.25) is 0 Å². The van der Waals surface area contributed by atoms with Crippen LogP contribution >= 0.6 is 0 Å². The van der Waals surface area contributed by atoms with Gasteiger partial charge in [0.1, 0.15) is 5.92 Å². The zero-order valence-electron chi connectivity index (χ0n) is 11.5. The number of anilines is 1. The highest BCUT2D eigenvalue weighted by molar-refractivity contribution is 6.25. The van der Waals surface area contributed by atoms with Crippen molar-refractivity contribution < 1.29 is 9.59 Å². The van der Waals surface area contributed by atoms with E-state index in [1.165, 1.54) is 6.21 Å². The van der Waals surface area contributed by atoms with Gasteiger partial charge >= 0.3 is 0 Å². The van der Waals surface area contributed by atoms with Crippen molar-refractivity contribution in [2.75, 3.05) is 5.32 Å². The average Bonchev–Trinajstić information content (AvgIpc) is 2.50. The van der Waals surface area contributed by atoms with E-state index in [4.69, 9.17) is 0 Å². The number of nitrogens with one attached hydrogen (secondary N) is 1. The van der Waals surface area contributed by atoms with Gasteiger partial charge in [0.05, 0.1) is 5.69 Å². The minimum atomic E-state index is -0.875. The Morgan fingerprint density at radius 2 is 1.81 bits per heavy atom. The molecule has 2 aromatic carbocycles. The molecule has 1 heterocycles. The fraction of sp³-hybridized carbons (Fsp3) is 0.118. The predicted octanol–water partition coefficient (Wildman–Crippen LogP) is 3.15. The summed E-state index contributed by atoms with van der Waals surface area (Å²) >= 11 is 0. The number of ketones is 1. The number of Topliss-reactive ketones (excluding diaryl/α,β-unsaturated/α-hetero) is 1. The molecule has 1 N–H and O–H groups in total. The molecule has 0 spiro atoms. The number of para-hydroxylation sites is 2. The Morgan fingerprint density at radius 1 is 1.10 bits per heavy atom. The highest BCUT2D eigenvalue weighted by Crippen LogP contribution is 2.26. The van der Waals surface area contributed by atoms with Gasteiger partial charge in [0.25, 0.3) is 0 Å². The van der Waals surface area contributed by atoms with E-state index in [1.54, 1.807) is 18.2 Å². The van der Waals surface area contributed by atoms with Crippen molar-refractivity contribution in [2.45, 2.75) is 6.92 Å². The standard InChI is InChI=1S/C17H14N2O2/c1-11-6-2-4-8-14(11)19-17(21)13-10-18-15-9-5-3-7-12(15)16(13)20/h2-10,13H,1H3,(H,19,21). The van der Waals surface area contributed by atoms with Crippen LogP contribution in [0.3, 0.4) is 0 Å². The van der Waals surface area contributed by atoms with E-state index >= 15 is 0 Å². The Morgan fingerprint density at radius 3 is 2.62 bits per heavy atom. The summed E-state index contributed by atoms with van der Waals surface area (Å²) in [4.78, 5) is 28.9. The van der Waals surface area contributed by atoms with E-state index in [0.29, 0.717) is 16.9 Å². The van der Waals surface area contributed by atoms with Gasteiger partial charge in [0, 0.05) is 17.5 Å². The number of aliphatic imine (C=N–C) groups is 1. The quantitative estimate of drug-likeness (QED) is 0.858. The Kier molecular flexibility index (Phi) is 3.36. The normalized spacial score (nSPS) is 16.4. The number of fused-ring (bicyclic) bond motifs is 1. The molecule has 1 atom stereocenters. The lowest BCUT2D eigenvalue weighted by Crippen LogP contribution is -2.32. The van der Waals surface area contributed by atoms with E-state index < -0.39 is 5.92 Å². The molecule has 0 radical (unpaired) electrons. The van der Waals surface area contributed by atoms with E-state index in [9.17, 15) is 9.59 Å². The first kappa shape index (κ1) is 13.2. The van der Waals surface area contributed by atoms with Crippen LogP contribution in [-0.2, 0) is 4.79 Å². The van der Waals surface area contributed by atoms with Gasteiger partial charge < -0.3 is 5.32 Å². The zero-order valence-corrected chi connectivity index (χ0v) is 11.5. The Labute approximate surface area is 122 Å². The summed E-state index contributed by atoms with van der Waals surface area (Å²) in [6.45, 7) is 1.90. The average molecular weight is 278 g/mol. The molecule has 1 aliphatic heterocycles. The number of nitrogens with zero attached hydrogens (tertiary/aromatic N) is 1. The van der Waals surface area contributed by atoms with Crippen molar-refractivity contribution in [3.63, 3.8) is 0 Å². The second-order valence-corrected chi connectivity index (χ2v) is 4.94. The second kappa shape index (κ2) is 5.32. The summed E-state index contributed by atoms with van der Waals surface area (Å²) in [7, 11) is 0. The van der Waals surface area contributed by atoms with Crippen molar-refractivity contribution >= 4 is 29.3 Å². The van der Waals surface area contributed by atoms with Gasteiger partial charge in [-0.2, -0.15) is 0 Å². The minimum absolute atomic E-state index is 0.216. The number of hydrogen-bond donors (Lipinski definition) is 1. The first-order valence-corrected chi connectivity index (χ1v) is 6.71. The number of rotatable bonds is 2. The van der Waals surface area contributed by atoms with Gasteiger partial charge in [0.2, 0.25) is 5.91 Å². The Balaban J connectivity index is 1.84. The SMILES string of the molecule is Cc1ccccc1NC(=O)C1C=Nc2ccccc2C1=O. The number of carbonyl (C=O) groups is 2. The van der Waals surface area contributed by atoms with Crippen LogP contribution in [0, 0.1) is 12.8 Å². The number of aryl methyl sites for hydroxylation is 1. The highest BCUT2D eigenvalue weighted by Gasteiger charge is 2.30. The molecule has 0 aromatic heterocycles. The van der Waals surface area contributed by atoms with Crippen LogP contribution in [-0.4, -0.2) is 17.9 Å². The summed E-state index contributed by atoms with van der Waals surface area (Å²) in [5.74, 6) is -1.45. The van der Waals surface area contributed by atoms with Crippen LogP contribution < -0.4 is 5.32 Å². The van der Waals surface area contributed by atoms with Gasteiger partial charge in [-0.1, -0.05) is 30.3 Å². The number of carbonyl (C=O) groups excluding carboxylic acids is 2. The lowest BCUT2D eigenvalue weighted by atomic mass is 9.94. The van der Waals surface area contributed by atoms with Gasteiger partial charge in [-0.3, -0.25) is 14.6 Å². The van der Waals surface area contributed by atoms with Crippen molar-refractivity contribution in [3.05, 3.63) is 59.7 Å². The van der Waals surface area contributed by atoms with E-state index in [0.717, 1.165) is 5.56 Å². The third-order valence-electron chi connectivity index (χ3n) is 3.50. The summed E-state index contributed by atoms with van der Waals surface area (Å²) in [5.41, 5.74) is 2.77. The number of amides is 1. The van der Waals surface area contributed by atoms with Crippen molar-refractivity contribution in [2.24, 2.45) is 10.9 Å². The molecule has 0 aliphatic carbocycles. The molecular formula is C17H14N2O2. The highest BCUT2D eigenvalue weighted by atomic mass is 16.2. The molecular weight excluding hydrogens is 264 g/mol. The van der Waals surface area contributed by atoms with E-state index in [1.807, 2.05) is 37.3 Å². The third-order valence-corrected chi connectivity index (χ3v) is 3.50. The van der Waals surface area contributed by atoms with Gasteiger partial charge in [-0.15, -0.1) is 0 Å². The number of benzene rings is 2. The summed E-state index contributed by atoms with van der Waals surface area (Å²) in [6.07, 6.45) is 1.41. The molecule has 4 nitrogen and oxygen atoms in total. The van der Waals surface area contributed by atoms with Crippen molar-refractivity contribution in [1.82, 2.24) is 0 Å². The van der Waals surface area contributed by atoms with Crippen LogP contribution in [0.4, 0.5) is 11.4 Å². The maximum absolute atomic E-state index is 12.4. The summed E-state index contributed by atoms with van der Waals surface area (Å²) in [6, 6.07) is 14.5. The van der Waals surface area contributed by atoms with Gasteiger partial charge in [0.15, 0.2) is 5.78 Å². The molecule has 3 rings (SSSR count). The fourth-order valence-corrected chi connectivity index (χ4v) is 2.30. The topological polar surface area (TPSA) is 58.5 Å². The monoisotopic (exact) mass is 278 g/mol. The molecule has 1 unspecified atom stereocenters. The van der Waals surface area contributed by atoms with Crippen LogP contribution in [0.1, 0.15) is 15.9 Å². The molecule has 2 aromatic rings. The molecule has 21 heavy (non-hydrogen) atoms. The zero-order chi connectivity index (χ0) is 14.8. The molecule has 104 valence electrons. The van der Waals surface area contributed by atoms with E-state index in [-0.39, 0.29) is 11.7 Å². The first-order chi connectivity index (χ1) is 10.2. The maximum atomic E-state index is 12.4. The predicted molar refractivity (Wildman–Crippen MR) is 82.2 cm³/mol. The molecule has 0 saturated carbocycles. The van der Waals surface area contributed by atoms with Crippen LogP contribution in [0.5, 0.6) is 0 Å². The van der Waals surface area contributed by atoms with Crippen molar-refractivity contribution in [3.8, 4) is 0 Å². The first-order valence-electron chi connectivity index (χ1n) is 6.71. The van der Waals surface area contributed by atoms with Crippen LogP contribution in [0.15, 0.2) is 53.5 Å². The van der Waals surface area contributed by atoms with Crippen LogP contribution in [0.25, 0.3) is 0 Å². The summed E-state index contributed by atoms with van der Waals surface area (Å²) < 4.78 is 0. The molecule has 4 heteroatoms. The third kappa shape index (κ3) is 2.48. The largest absolute Gasteiger partial charge is 0.325 e. The van der Waals surface area contributed by atoms with Gasteiger partial charge in [-0.05, 0) is 30.7 Å². The molecule has 0 bridgehead atoms. The minimum Gasteiger partial charge on any atom is -0.325 e. The number of hydrogen-bond acceptors (Lipinski definition) is 3. The maximum Gasteiger partial charge on any atom is 0.240 e.